The largest absolute Gasteiger partial charge is 0.454 e. The maximum Gasteiger partial charge on any atom is 0.231 e. The number of fused-ring (bicyclic) bond motifs is 1. The van der Waals surface area contributed by atoms with Crippen LogP contribution in [0, 0.1) is 0 Å². The number of H-pyrrole nitrogens is 1. The summed E-state index contributed by atoms with van der Waals surface area (Å²) in [5.74, 6) is 1.44. The van der Waals surface area contributed by atoms with Crippen molar-refractivity contribution < 1.29 is 13.9 Å². The Labute approximate surface area is 273 Å². The van der Waals surface area contributed by atoms with Gasteiger partial charge in [-0.2, -0.15) is 10.2 Å². The van der Waals surface area contributed by atoms with E-state index >= 15 is 0 Å². The van der Waals surface area contributed by atoms with E-state index in [0.717, 1.165) is 60.9 Å². The zero-order valence-corrected chi connectivity index (χ0v) is 26.4. The van der Waals surface area contributed by atoms with Crippen LogP contribution in [0.25, 0.3) is 45.0 Å². The highest BCUT2D eigenvalue weighted by Gasteiger charge is 2.17. The smallest absolute Gasteiger partial charge is 0.231 e. The quantitative estimate of drug-likeness (QED) is 0.170. The zero-order chi connectivity index (χ0) is 29.8. The standard InChI is InChI=1S/C18H14BrFN2O2.C15H12ClN3.ClH/c19-14-3-1-2-13(8-14)16-10-15(21-22(16)7-6-20)12-4-5-17-18(9-12)24-11-23-17;16-12-3-1-2-11(8-12)15-9-14(18-19-15)10-4-6-13(17)7-5-10;/h1-5,8-10H,6-7,11H2;1-9H,17H2,(H,18,19);1H. The molecule has 6 aromatic rings. The number of hydrogen-bond donors (Lipinski definition) is 2. The van der Waals surface area contributed by atoms with Crippen LogP contribution in [0.15, 0.2) is 108 Å². The molecule has 1 aliphatic heterocycles. The van der Waals surface area contributed by atoms with Crippen LogP contribution in [-0.4, -0.2) is 33.4 Å². The highest BCUT2D eigenvalue weighted by Crippen LogP contribution is 2.37. The van der Waals surface area contributed by atoms with Gasteiger partial charge in [-0.25, -0.2) is 4.39 Å². The molecule has 0 saturated heterocycles. The summed E-state index contributed by atoms with van der Waals surface area (Å²) in [5.41, 5.74) is 13.8. The van der Waals surface area contributed by atoms with Gasteiger partial charge in [0.2, 0.25) is 6.79 Å². The van der Waals surface area contributed by atoms with Gasteiger partial charge in [0, 0.05) is 31.9 Å². The minimum atomic E-state index is -0.469. The van der Waals surface area contributed by atoms with E-state index < -0.39 is 6.67 Å². The number of nitrogens with one attached hydrogen (secondary N) is 1. The van der Waals surface area contributed by atoms with Gasteiger partial charge in [-0.3, -0.25) is 9.78 Å². The maximum absolute atomic E-state index is 12.9. The molecular weight excluding hydrogens is 668 g/mol. The number of nitrogens with two attached hydrogens (primary N) is 1. The van der Waals surface area contributed by atoms with Gasteiger partial charge in [-0.05, 0) is 72.3 Å². The van der Waals surface area contributed by atoms with Crippen molar-refractivity contribution in [3.8, 4) is 56.5 Å². The third-order valence-corrected chi connectivity index (χ3v) is 7.51. The number of halogens is 4. The van der Waals surface area contributed by atoms with Crippen molar-refractivity contribution in [3.63, 3.8) is 0 Å². The van der Waals surface area contributed by atoms with Crippen LogP contribution in [0.4, 0.5) is 10.1 Å². The number of aromatic nitrogens is 4. The lowest BCUT2D eigenvalue weighted by molar-refractivity contribution is 0.174. The molecule has 7 rings (SSSR count). The summed E-state index contributed by atoms with van der Waals surface area (Å²) in [6.07, 6.45) is 0. The van der Waals surface area contributed by atoms with E-state index in [4.69, 9.17) is 26.8 Å². The molecule has 0 spiro atoms. The highest BCUT2D eigenvalue weighted by molar-refractivity contribution is 9.10. The summed E-state index contributed by atoms with van der Waals surface area (Å²) in [5, 5.41) is 12.6. The molecule has 224 valence electrons. The van der Waals surface area contributed by atoms with E-state index in [-0.39, 0.29) is 25.7 Å². The van der Waals surface area contributed by atoms with Gasteiger partial charge in [0.1, 0.15) is 6.67 Å². The molecule has 2 aromatic heterocycles. The normalized spacial score (nSPS) is 11.4. The molecule has 0 aliphatic carbocycles. The Morgan fingerprint density at radius 3 is 2.32 bits per heavy atom. The molecule has 11 heteroatoms. The molecule has 4 aromatic carbocycles. The van der Waals surface area contributed by atoms with E-state index in [1.807, 2.05) is 103 Å². The fourth-order valence-corrected chi connectivity index (χ4v) is 5.26. The zero-order valence-electron chi connectivity index (χ0n) is 23.2. The van der Waals surface area contributed by atoms with Crippen LogP contribution in [-0.2, 0) is 6.54 Å². The van der Waals surface area contributed by atoms with Crippen molar-refractivity contribution >= 4 is 45.6 Å². The Kier molecular flexibility index (Phi) is 9.89. The van der Waals surface area contributed by atoms with Gasteiger partial charge < -0.3 is 15.2 Å². The van der Waals surface area contributed by atoms with Crippen LogP contribution >= 0.6 is 39.9 Å². The first-order valence-electron chi connectivity index (χ1n) is 13.4. The number of nitrogens with zero attached hydrogens (tertiary/aromatic N) is 3. The number of alkyl halides is 1. The first kappa shape index (κ1) is 31.1. The molecule has 1 aliphatic rings. The van der Waals surface area contributed by atoms with Gasteiger partial charge in [-0.1, -0.05) is 63.9 Å². The molecule has 0 atom stereocenters. The first-order valence-corrected chi connectivity index (χ1v) is 14.6. The van der Waals surface area contributed by atoms with Gasteiger partial charge in [0.25, 0.3) is 0 Å². The minimum Gasteiger partial charge on any atom is -0.454 e. The summed E-state index contributed by atoms with van der Waals surface area (Å²) in [7, 11) is 0. The van der Waals surface area contributed by atoms with Crippen LogP contribution in [0.2, 0.25) is 5.02 Å². The Balaban J connectivity index is 0.000000175. The van der Waals surface area contributed by atoms with E-state index in [1.54, 1.807) is 4.68 Å². The summed E-state index contributed by atoms with van der Waals surface area (Å²) in [6, 6.07) is 32.8. The summed E-state index contributed by atoms with van der Waals surface area (Å²) in [4.78, 5) is 0. The molecule has 44 heavy (non-hydrogen) atoms. The van der Waals surface area contributed by atoms with E-state index in [2.05, 4.69) is 31.2 Å². The molecule has 3 heterocycles. The van der Waals surface area contributed by atoms with Gasteiger partial charge >= 0.3 is 0 Å². The van der Waals surface area contributed by atoms with Crippen LogP contribution in [0.1, 0.15) is 0 Å². The predicted molar refractivity (Wildman–Crippen MR) is 179 cm³/mol. The molecule has 3 N–H and O–H groups in total. The van der Waals surface area contributed by atoms with E-state index in [1.165, 1.54) is 0 Å². The Morgan fingerprint density at radius 1 is 0.818 bits per heavy atom. The fraction of sp³-hybridized carbons (Fsp3) is 0.0909. The summed E-state index contributed by atoms with van der Waals surface area (Å²) in [6.45, 7) is -0.0198. The summed E-state index contributed by atoms with van der Waals surface area (Å²) < 4.78 is 26.4. The Hall–Kier alpha value is -4.31. The first-order chi connectivity index (χ1) is 21.0. The molecule has 7 nitrogen and oxygen atoms in total. The third kappa shape index (κ3) is 7.07. The Morgan fingerprint density at radius 2 is 1.55 bits per heavy atom. The molecule has 0 saturated carbocycles. The second-order valence-electron chi connectivity index (χ2n) is 9.70. The molecule has 0 radical (unpaired) electrons. The predicted octanol–water partition coefficient (Wildman–Crippen LogP) is 9.08. The molecule has 0 fully saturated rings. The maximum atomic E-state index is 12.9. The molecule has 0 unspecified atom stereocenters. The second kappa shape index (κ2) is 14.0. The van der Waals surface area contributed by atoms with E-state index in [9.17, 15) is 4.39 Å². The molecular formula is C33H27BrCl2FN5O2. The van der Waals surface area contributed by atoms with Gasteiger partial charge in [0.05, 0.1) is 29.3 Å². The number of aromatic amines is 1. The SMILES string of the molecule is Cl.FCCn1nc(-c2ccc3c(c2)OCO3)cc1-c1cccc(Br)c1.Nc1ccc(-c2cc(-c3cccc(Cl)c3)n[nH]2)cc1. The van der Waals surface area contributed by atoms with E-state index in [0.29, 0.717) is 10.8 Å². The monoisotopic (exact) mass is 693 g/mol. The number of hydrogen-bond acceptors (Lipinski definition) is 5. The lowest BCUT2D eigenvalue weighted by Crippen LogP contribution is -2.03. The number of anilines is 1. The van der Waals surface area contributed by atoms with Crippen molar-refractivity contribution in [2.75, 3.05) is 19.2 Å². The fourth-order valence-electron chi connectivity index (χ4n) is 4.67. The number of nitrogen functional groups attached to an aromatic ring is 1. The lowest BCUT2D eigenvalue weighted by Gasteiger charge is -2.05. The minimum absolute atomic E-state index is 0. The summed E-state index contributed by atoms with van der Waals surface area (Å²) >= 11 is 9.46. The van der Waals surface area contributed by atoms with Crippen LogP contribution < -0.4 is 15.2 Å². The topological polar surface area (TPSA) is 91.0 Å². The number of ether oxygens (including phenoxy) is 2. The third-order valence-electron chi connectivity index (χ3n) is 6.78. The van der Waals surface area contributed by atoms with Crippen molar-refractivity contribution in [1.82, 2.24) is 20.0 Å². The molecule has 0 amide bonds. The Bertz CT molecular complexity index is 1880. The second-order valence-corrected chi connectivity index (χ2v) is 11.1. The number of rotatable bonds is 6. The number of aryl methyl sites for hydroxylation is 1. The average molecular weight is 695 g/mol. The van der Waals surface area contributed by atoms with Crippen LogP contribution in [0.3, 0.4) is 0 Å². The highest BCUT2D eigenvalue weighted by atomic mass is 79.9. The van der Waals surface area contributed by atoms with Crippen molar-refractivity contribution in [2.24, 2.45) is 0 Å². The molecule has 0 bridgehead atoms. The number of benzene rings is 4. The van der Waals surface area contributed by atoms with Crippen molar-refractivity contribution in [1.29, 1.82) is 0 Å². The lowest BCUT2D eigenvalue weighted by atomic mass is 10.1. The average Bonchev–Trinajstić information content (AvgIpc) is 3.78. The van der Waals surface area contributed by atoms with Crippen LogP contribution in [0.5, 0.6) is 11.5 Å². The van der Waals surface area contributed by atoms with Crippen molar-refractivity contribution in [3.05, 3.63) is 113 Å². The van der Waals surface area contributed by atoms with Gasteiger partial charge in [0.15, 0.2) is 11.5 Å². The van der Waals surface area contributed by atoms with Crippen molar-refractivity contribution in [2.45, 2.75) is 6.54 Å². The van der Waals surface area contributed by atoms with Gasteiger partial charge in [-0.15, -0.1) is 12.4 Å².